The lowest BCUT2D eigenvalue weighted by molar-refractivity contribution is -0.121. The van der Waals surface area contributed by atoms with Gasteiger partial charge in [0, 0.05) is 39.0 Å². The third-order valence-electron chi connectivity index (χ3n) is 4.98. The van der Waals surface area contributed by atoms with Crippen molar-refractivity contribution in [1.82, 2.24) is 14.9 Å². The van der Waals surface area contributed by atoms with E-state index in [-0.39, 0.29) is 17.9 Å². The highest BCUT2D eigenvalue weighted by Crippen LogP contribution is 2.15. The molecule has 3 aromatic rings. The van der Waals surface area contributed by atoms with Crippen molar-refractivity contribution < 1.29 is 13.9 Å². The smallest absolute Gasteiger partial charge is 0.294 e. The largest absolute Gasteiger partial charge is 0.469 e. The van der Waals surface area contributed by atoms with Crippen LogP contribution in [0.1, 0.15) is 12.2 Å². The van der Waals surface area contributed by atoms with Gasteiger partial charge in [0.15, 0.2) is 5.82 Å². The van der Waals surface area contributed by atoms with Crippen LogP contribution < -0.4 is 15.8 Å². The minimum atomic E-state index is -0.172. The SMILES string of the molecule is O=C(CCn1c(=O)c(N2CCOCC2)nc2ccccc21)NCCc1ccco1. The molecule has 0 atom stereocenters. The molecular formula is C21H24N4O4. The summed E-state index contributed by atoms with van der Waals surface area (Å²) in [7, 11) is 0. The van der Waals surface area contributed by atoms with Crippen LogP contribution in [0.5, 0.6) is 0 Å². The highest BCUT2D eigenvalue weighted by Gasteiger charge is 2.19. The number of hydrogen-bond donors (Lipinski definition) is 1. The van der Waals surface area contributed by atoms with Gasteiger partial charge in [0.25, 0.3) is 5.56 Å². The number of ether oxygens (including phenoxy) is 1. The van der Waals surface area contributed by atoms with Crippen molar-refractivity contribution in [3.63, 3.8) is 0 Å². The molecule has 1 aliphatic heterocycles. The Morgan fingerprint density at radius 3 is 2.76 bits per heavy atom. The number of carbonyl (C=O) groups excluding carboxylic acids is 1. The predicted octanol–water partition coefficient (Wildman–Crippen LogP) is 1.58. The van der Waals surface area contributed by atoms with Gasteiger partial charge in [-0.05, 0) is 24.3 Å². The van der Waals surface area contributed by atoms with Gasteiger partial charge in [0.1, 0.15) is 5.76 Å². The van der Waals surface area contributed by atoms with Gasteiger partial charge in [-0.1, -0.05) is 12.1 Å². The Morgan fingerprint density at radius 2 is 1.97 bits per heavy atom. The minimum Gasteiger partial charge on any atom is -0.469 e. The molecule has 1 fully saturated rings. The number of furan rings is 1. The summed E-state index contributed by atoms with van der Waals surface area (Å²) in [6.07, 6.45) is 2.47. The fourth-order valence-corrected chi connectivity index (χ4v) is 3.46. The van der Waals surface area contributed by atoms with E-state index in [0.29, 0.717) is 51.6 Å². The van der Waals surface area contributed by atoms with Gasteiger partial charge in [-0.15, -0.1) is 0 Å². The molecule has 152 valence electrons. The van der Waals surface area contributed by atoms with Gasteiger partial charge < -0.3 is 23.9 Å². The number of carbonyl (C=O) groups is 1. The molecule has 3 heterocycles. The van der Waals surface area contributed by atoms with Crippen LogP contribution in [0.3, 0.4) is 0 Å². The average Bonchev–Trinajstić information content (AvgIpc) is 3.27. The van der Waals surface area contributed by atoms with Gasteiger partial charge in [0.2, 0.25) is 5.91 Å². The molecule has 1 aromatic carbocycles. The number of anilines is 1. The van der Waals surface area contributed by atoms with Gasteiger partial charge in [0.05, 0.1) is 30.5 Å². The topological polar surface area (TPSA) is 89.6 Å². The summed E-state index contributed by atoms with van der Waals surface area (Å²) in [6, 6.07) is 11.2. The van der Waals surface area contributed by atoms with E-state index in [1.165, 1.54) is 0 Å². The van der Waals surface area contributed by atoms with Crippen molar-refractivity contribution in [2.75, 3.05) is 37.7 Å². The first kappa shape index (κ1) is 19.2. The molecule has 0 radical (unpaired) electrons. The number of hydrogen-bond acceptors (Lipinski definition) is 6. The van der Waals surface area contributed by atoms with E-state index in [2.05, 4.69) is 10.3 Å². The van der Waals surface area contributed by atoms with Gasteiger partial charge >= 0.3 is 0 Å². The minimum absolute atomic E-state index is 0.0997. The summed E-state index contributed by atoms with van der Waals surface area (Å²) in [4.78, 5) is 32.0. The first-order valence-electron chi connectivity index (χ1n) is 9.84. The Balaban J connectivity index is 1.48. The van der Waals surface area contributed by atoms with E-state index in [9.17, 15) is 9.59 Å². The van der Waals surface area contributed by atoms with Crippen LogP contribution >= 0.6 is 0 Å². The second kappa shape index (κ2) is 8.91. The van der Waals surface area contributed by atoms with E-state index in [4.69, 9.17) is 9.15 Å². The Hall–Kier alpha value is -3.13. The molecule has 0 aliphatic carbocycles. The van der Waals surface area contributed by atoms with Crippen molar-refractivity contribution in [3.05, 3.63) is 58.8 Å². The summed E-state index contributed by atoms with van der Waals surface area (Å²) in [6.45, 7) is 3.21. The van der Waals surface area contributed by atoms with Crippen LogP contribution in [0.4, 0.5) is 5.82 Å². The number of morpholine rings is 1. The lowest BCUT2D eigenvalue weighted by Crippen LogP contribution is -2.41. The zero-order valence-electron chi connectivity index (χ0n) is 16.2. The second-order valence-electron chi connectivity index (χ2n) is 6.91. The highest BCUT2D eigenvalue weighted by atomic mass is 16.5. The Labute approximate surface area is 168 Å². The fraction of sp³-hybridized carbons (Fsp3) is 0.381. The molecule has 8 nitrogen and oxygen atoms in total. The van der Waals surface area contributed by atoms with Crippen LogP contribution in [0.15, 0.2) is 51.9 Å². The van der Waals surface area contributed by atoms with Crippen molar-refractivity contribution in [2.24, 2.45) is 0 Å². The van der Waals surface area contributed by atoms with Crippen LogP contribution in [0.25, 0.3) is 11.0 Å². The molecule has 0 saturated carbocycles. The lowest BCUT2D eigenvalue weighted by Gasteiger charge is -2.28. The number of aromatic nitrogens is 2. The maximum Gasteiger partial charge on any atom is 0.294 e. The zero-order chi connectivity index (χ0) is 20.1. The van der Waals surface area contributed by atoms with Crippen molar-refractivity contribution in [1.29, 1.82) is 0 Å². The number of fused-ring (bicyclic) bond motifs is 1. The molecule has 0 bridgehead atoms. The molecule has 1 aliphatic rings. The number of nitrogens with one attached hydrogen (secondary N) is 1. The van der Waals surface area contributed by atoms with Crippen LogP contribution in [0, 0.1) is 0 Å². The maximum absolute atomic E-state index is 13.1. The van der Waals surface area contributed by atoms with Crippen molar-refractivity contribution >= 4 is 22.8 Å². The number of benzene rings is 1. The standard InChI is InChI=1S/C21H24N4O4/c26-19(22-9-7-16-4-3-13-29-16)8-10-25-18-6-2-1-5-17(18)23-20(21(25)27)24-11-14-28-15-12-24/h1-6,13H,7-12,14-15H2,(H,22,26). The molecule has 1 N–H and O–H groups in total. The molecule has 4 rings (SSSR count). The maximum atomic E-state index is 13.1. The van der Waals surface area contributed by atoms with E-state index in [0.717, 1.165) is 16.8 Å². The number of nitrogens with zero attached hydrogens (tertiary/aromatic N) is 3. The quantitative estimate of drug-likeness (QED) is 0.652. The normalized spacial score (nSPS) is 14.3. The highest BCUT2D eigenvalue weighted by molar-refractivity contribution is 5.78. The molecule has 0 unspecified atom stereocenters. The molecule has 29 heavy (non-hydrogen) atoms. The number of para-hydroxylation sites is 2. The van der Waals surface area contributed by atoms with Gasteiger partial charge in [-0.3, -0.25) is 9.59 Å². The molecule has 1 amide bonds. The Morgan fingerprint density at radius 1 is 1.14 bits per heavy atom. The third-order valence-corrected chi connectivity index (χ3v) is 4.98. The molecular weight excluding hydrogens is 372 g/mol. The van der Waals surface area contributed by atoms with Crippen molar-refractivity contribution in [2.45, 2.75) is 19.4 Å². The summed E-state index contributed by atoms with van der Waals surface area (Å²) in [5.41, 5.74) is 1.30. The summed E-state index contributed by atoms with van der Waals surface area (Å²) in [5.74, 6) is 1.15. The fourth-order valence-electron chi connectivity index (χ4n) is 3.46. The molecule has 2 aromatic heterocycles. The lowest BCUT2D eigenvalue weighted by atomic mass is 10.2. The zero-order valence-corrected chi connectivity index (χ0v) is 16.2. The first-order chi connectivity index (χ1) is 14.2. The predicted molar refractivity (Wildman–Crippen MR) is 109 cm³/mol. The molecule has 0 spiro atoms. The summed E-state index contributed by atoms with van der Waals surface area (Å²) >= 11 is 0. The first-order valence-corrected chi connectivity index (χ1v) is 9.84. The Kier molecular flexibility index (Phi) is 5.90. The Bertz CT molecular complexity index is 1020. The van der Waals surface area contributed by atoms with E-state index < -0.39 is 0 Å². The van der Waals surface area contributed by atoms with E-state index in [1.807, 2.05) is 41.3 Å². The van der Waals surface area contributed by atoms with Crippen molar-refractivity contribution in [3.8, 4) is 0 Å². The summed E-state index contributed by atoms with van der Waals surface area (Å²) < 4.78 is 12.3. The molecule has 1 saturated heterocycles. The van der Waals surface area contributed by atoms with E-state index in [1.54, 1.807) is 10.8 Å². The third kappa shape index (κ3) is 4.48. The average molecular weight is 396 g/mol. The summed E-state index contributed by atoms with van der Waals surface area (Å²) in [5, 5.41) is 2.88. The monoisotopic (exact) mass is 396 g/mol. The second-order valence-corrected chi connectivity index (χ2v) is 6.91. The number of rotatable bonds is 7. The number of amides is 1. The number of aryl methyl sites for hydroxylation is 1. The van der Waals surface area contributed by atoms with Gasteiger partial charge in [-0.25, -0.2) is 4.98 Å². The molecule has 8 heteroatoms. The van der Waals surface area contributed by atoms with Gasteiger partial charge in [-0.2, -0.15) is 0 Å². The van der Waals surface area contributed by atoms with Crippen LogP contribution in [0.2, 0.25) is 0 Å². The van der Waals surface area contributed by atoms with E-state index >= 15 is 0 Å². The van der Waals surface area contributed by atoms with Crippen LogP contribution in [-0.4, -0.2) is 48.3 Å². The van der Waals surface area contributed by atoms with Crippen LogP contribution in [-0.2, 0) is 22.5 Å².